The second-order valence-corrected chi connectivity index (χ2v) is 17.6. The summed E-state index contributed by atoms with van der Waals surface area (Å²) in [5.41, 5.74) is 2.46. The van der Waals surface area contributed by atoms with Gasteiger partial charge in [-0.3, -0.25) is 4.90 Å². The van der Waals surface area contributed by atoms with Gasteiger partial charge in [0.15, 0.2) is 5.82 Å². The molecule has 2 saturated heterocycles. The number of halogens is 1. The molecular formula is C32H43ClN7O4PS. The Labute approximate surface area is 277 Å². The van der Waals surface area contributed by atoms with Crippen LogP contribution in [0.25, 0.3) is 0 Å². The van der Waals surface area contributed by atoms with Crippen LogP contribution in [0.3, 0.4) is 0 Å². The highest BCUT2D eigenvalue weighted by Crippen LogP contribution is 2.39. The molecular weight excluding hydrogens is 645 g/mol. The SMILES string of the molecule is C=CCCS(=O)(=O)N1CCN(C2CCN(c3ccc(Nc4ncc(Cl)c(Nc5ccccc5P(C)(C)=O)n4)c(OC)c3)CC2)CC1. The van der Waals surface area contributed by atoms with Crippen LogP contribution < -0.4 is 25.6 Å². The van der Waals surface area contributed by atoms with Gasteiger partial charge in [-0.25, -0.2) is 13.4 Å². The molecule has 5 rings (SSSR count). The summed E-state index contributed by atoms with van der Waals surface area (Å²) in [6.07, 6.45) is 5.68. The molecule has 2 aliphatic heterocycles. The predicted molar refractivity (Wildman–Crippen MR) is 189 cm³/mol. The maximum atomic E-state index is 12.8. The van der Waals surface area contributed by atoms with E-state index in [1.807, 2.05) is 36.4 Å². The molecule has 2 aliphatic rings. The van der Waals surface area contributed by atoms with Gasteiger partial charge in [-0.05, 0) is 56.9 Å². The van der Waals surface area contributed by atoms with Gasteiger partial charge < -0.3 is 24.8 Å². The largest absolute Gasteiger partial charge is 0.494 e. The van der Waals surface area contributed by atoms with Crippen LogP contribution in [0.5, 0.6) is 5.75 Å². The van der Waals surface area contributed by atoms with Crippen LogP contribution in [-0.4, -0.2) is 99.1 Å². The number of nitrogens with one attached hydrogen (secondary N) is 2. The molecule has 0 aliphatic carbocycles. The van der Waals surface area contributed by atoms with Gasteiger partial charge in [0.1, 0.15) is 17.9 Å². The summed E-state index contributed by atoms with van der Waals surface area (Å²) in [7, 11) is -4.12. The van der Waals surface area contributed by atoms with Crippen LogP contribution in [0.2, 0.25) is 5.02 Å². The van der Waals surface area contributed by atoms with Crippen LogP contribution in [-0.2, 0) is 14.6 Å². The summed E-state index contributed by atoms with van der Waals surface area (Å²) < 4.78 is 45.3. The number of piperazine rings is 1. The van der Waals surface area contributed by atoms with E-state index >= 15 is 0 Å². The lowest BCUT2D eigenvalue weighted by Crippen LogP contribution is -2.54. The van der Waals surface area contributed by atoms with Gasteiger partial charge in [0.05, 0.1) is 30.4 Å². The number of methoxy groups -OCH3 is 1. The summed E-state index contributed by atoms with van der Waals surface area (Å²) in [5, 5.41) is 7.53. The number of anilines is 5. The van der Waals surface area contributed by atoms with E-state index in [9.17, 15) is 13.0 Å². The van der Waals surface area contributed by atoms with E-state index in [0.29, 0.717) is 64.8 Å². The molecule has 1 aromatic heterocycles. The Morgan fingerprint density at radius 2 is 1.76 bits per heavy atom. The van der Waals surface area contributed by atoms with E-state index in [-0.39, 0.29) is 5.75 Å². The highest BCUT2D eigenvalue weighted by molar-refractivity contribution is 7.89. The molecule has 0 atom stereocenters. The lowest BCUT2D eigenvalue weighted by atomic mass is 10.0. The smallest absolute Gasteiger partial charge is 0.229 e. The summed E-state index contributed by atoms with van der Waals surface area (Å²) in [4.78, 5) is 13.8. The van der Waals surface area contributed by atoms with Crippen molar-refractivity contribution in [1.29, 1.82) is 0 Å². The van der Waals surface area contributed by atoms with Gasteiger partial charge in [0.2, 0.25) is 16.0 Å². The lowest BCUT2D eigenvalue weighted by molar-refractivity contribution is 0.120. The number of rotatable bonds is 12. The minimum atomic E-state index is -3.21. The number of hydrogen-bond donors (Lipinski definition) is 2. The summed E-state index contributed by atoms with van der Waals surface area (Å²) >= 11 is 6.44. The summed E-state index contributed by atoms with van der Waals surface area (Å²) in [5.74, 6) is 1.52. The topological polar surface area (TPSA) is 120 Å². The van der Waals surface area contributed by atoms with Gasteiger partial charge in [-0.1, -0.05) is 29.8 Å². The van der Waals surface area contributed by atoms with Crippen molar-refractivity contribution in [2.75, 3.05) is 81.0 Å². The fraction of sp³-hybridized carbons (Fsp3) is 0.438. The summed E-state index contributed by atoms with van der Waals surface area (Å²) in [6.45, 7) is 11.5. The van der Waals surface area contributed by atoms with E-state index in [4.69, 9.17) is 16.3 Å². The maximum Gasteiger partial charge on any atom is 0.229 e. The number of nitrogens with zero attached hydrogens (tertiary/aromatic N) is 5. The fourth-order valence-electron chi connectivity index (χ4n) is 5.99. The van der Waals surface area contributed by atoms with Crippen LogP contribution in [0.1, 0.15) is 19.3 Å². The molecule has 11 nitrogen and oxygen atoms in total. The van der Waals surface area contributed by atoms with Crippen LogP contribution in [0.15, 0.2) is 61.3 Å². The third-order valence-corrected chi connectivity index (χ3v) is 12.2. The van der Waals surface area contributed by atoms with Gasteiger partial charge >= 0.3 is 0 Å². The molecule has 3 heterocycles. The zero-order chi connectivity index (χ0) is 32.9. The highest BCUT2D eigenvalue weighted by atomic mass is 35.5. The Morgan fingerprint density at radius 1 is 1.04 bits per heavy atom. The first kappa shape index (κ1) is 34.2. The second-order valence-electron chi connectivity index (χ2n) is 11.9. The van der Waals surface area contributed by atoms with Gasteiger partial charge in [0, 0.05) is 62.4 Å². The van der Waals surface area contributed by atoms with Gasteiger partial charge in [-0.2, -0.15) is 9.29 Å². The monoisotopic (exact) mass is 687 g/mol. The molecule has 2 fully saturated rings. The van der Waals surface area contributed by atoms with Gasteiger partial charge in [-0.15, -0.1) is 6.58 Å². The Bertz CT molecular complexity index is 1690. The molecule has 0 saturated carbocycles. The van der Waals surface area contributed by atoms with E-state index in [1.54, 1.807) is 30.8 Å². The molecule has 2 N–H and O–H groups in total. The number of ether oxygens (including phenoxy) is 1. The minimum absolute atomic E-state index is 0.135. The summed E-state index contributed by atoms with van der Waals surface area (Å²) in [6, 6.07) is 13.9. The van der Waals surface area contributed by atoms with Crippen molar-refractivity contribution in [3.63, 3.8) is 0 Å². The normalized spacial score (nSPS) is 17.1. The van der Waals surface area contributed by atoms with E-state index in [1.165, 1.54) is 6.20 Å². The number of allylic oxidation sites excluding steroid dienone is 1. The molecule has 248 valence electrons. The van der Waals surface area contributed by atoms with Crippen molar-refractivity contribution in [1.82, 2.24) is 19.2 Å². The first-order valence-corrected chi connectivity index (χ1v) is 20.0. The average molecular weight is 688 g/mol. The van der Waals surface area contributed by atoms with Crippen LogP contribution in [0.4, 0.5) is 28.8 Å². The third-order valence-electron chi connectivity index (χ3n) is 8.51. The first-order chi connectivity index (χ1) is 22.0. The quantitative estimate of drug-likeness (QED) is 0.190. The third kappa shape index (κ3) is 8.22. The van der Waals surface area contributed by atoms with E-state index in [0.717, 1.165) is 44.7 Å². The molecule has 0 amide bonds. The molecule has 0 radical (unpaired) electrons. The first-order valence-electron chi connectivity index (χ1n) is 15.5. The second kappa shape index (κ2) is 14.7. The number of hydrogen-bond acceptors (Lipinski definition) is 10. The number of aromatic nitrogens is 2. The van der Waals surface area contributed by atoms with Crippen molar-refractivity contribution in [3.05, 3.63) is 66.3 Å². The Kier molecular flexibility index (Phi) is 11.0. The zero-order valence-corrected chi connectivity index (χ0v) is 29.1. The predicted octanol–water partition coefficient (Wildman–Crippen LogP) is 5.37. The maximum absolute atomic E-state index is 12.8. The number of sulfonamides is 1. The van der Waals surface area contributed by atoms with Crippen LogP contribution in [0, 0.1) is 0 Å². The lowest BCUT2D eigenvalue weighted by Gasteiger charge is -2.43. The van der Waals surface area contributed by atoms with Crippen LogP contribution >= 0.6 is 18.7 Å². The molecule has 0 spiro atoms. The molecule has 2 aromatic carbocycles. The molecule has 46 heavy (non-hydrogen) atoms. The van der Waals surface area contributed by atoms with Crippen molar-refractivity contribution < 1.29 is 17.7 Å². The highest BCUT2D eigenvalue weighted by Gasteiger charge is 2.31. The molecule has 14 heteroatoms. The standard InChI is InChI=1S/C32H43ClN7O4PS/c1-5-6-21-46(42,43)40-19-17-39(18-20-40)24-13-15-38(16-14-24)25-11-12-27(29(22-25)44-2)36-32-34-23-26(33)31(37-32)35-28-9-7-8-10-30(28)45(3,4)41/h5,7-12,22-24H,1,6,13-21H2,2-4H3,(H2,34,35,36,37). The van der Waals surface area contributed by atoms with Crippen molar-refractivity contribution >= 4 is 62.9 Å². The Balaban J connectivity index is 1.20. The van der Waals surface area contributed by atoms with E-state index < -0.39 is 17.2 Å². The van der Waals surface area contributed by atoms with Gasteiger partial charge in [0.25, 0.3) is 0 Å². The molecule has 3 aromatic rings. The Morgan fingerprint density at radius 3 is 2.43 bits per heavy atom. The Hall–Kier alpha value is -3.15. The number of para-hydroxylation sites is 1. The average Bonchev–Trinajstić information content (AvgIpc) is 3.05. The van der Waals surface area contributed by atoms with E-state index in [2.05, 4.69) is 43.0 Å². The zero-order valence-electron chi connectivity index (χ0n) is 26.7. The molecule has 0 bridgehead atoms. The number of piperidine rings is 1. The minimum Gasteiger partial charge on any atom is -0.494 e. The van der Waals surface area contributed by atoms with Crippen molar-refractivity contribution in [3.8, 4) is 5.75 Å². The van der Waals surface area contributed by atoms with Crippen molar-refractivity contribution in [2.24, 2.45) is 0 Å². The molecule has 0 unspecified atom stereocenters. The van der Waals surface area contributed by atoms with Crippen molar-refractivity contribution in [2.45, 2.75) is 25.3 Å². The fourth-order valence-corrected chi connectivity index (χ4v) is 8.73. The number of benzene rings is 2.